The van der Waals surface area contributed by atoms with Gasteiger partial charge in [-0.3, -0.25) is 0 Å². The summed E-state index contributed by atoms with van der Waals surface area (Å²) in [5.41, 5.74) is 13.4. The van der Waals surface area contributed by atoms with Gasteiger partial charge in [-0.05, 0) is 12.5 Å². The van der Waals surface area contributed by atoms with E-state index in [0.717, 1.165) is 28.1 Å². The number of fused-ring (bicyclic) bond motifs is 1. The average Bonchev–Trinajstić information content (AvgIpc) is 3.41. The van der Waals surface area contributed by atoms with Crippen LogP contribution < -0.4 is 5.73 Å². The van der Waals surface area contributed by atoms with Crippen molar-refractivity contribution in [1.29, 1.82) is 0 Å². The fourth-order valence-electron chi connectivity index (χ4n) is 3.49. The summed E-state index contributed by atoms with van der Waals surface area (Å²) in [5, 5.41) is 16.3. The molecule has 0 atom stereocenters. The minimum absolute atomic E-state index is 0.344. The first-order valence-corrected chi connectivity index (χ1v) is 10.6. The summed E-state index contributed by atoms with van der Waals surface area (Å²) in [7, 11) is 1.64. The summed E-state index contributed by atoms with van der Waals surface area (Å²) in [4.78, 5) is 4.74. The van der Waals surface area contributed by atoms with E-state index in [4.69, 9.17) is 15.5 Å². The van der Waals surface area contributed by atoms with Crippen LogP contribution in [-0.4, -0.2) is 31.9 Å². The van der Waals surface area contributed by atoms with E-state index in [1.165, 1.54) is 16.9 Å². The highest BCUT2D eigenvalue weighted by Crippen LogP contribution is 2.34. The molecule has 0 fully saturated rings. The van der Waals surface area contributed by atoms with E-state index in [-0.39, 0.29) is 0 Å². The van der Waals surface area contributed by atoms with E-state index in [9.17, 15) is 0 Å². The van der Waals surface area contributed by atoms with Crippen LogP contribution in [0.15, 0.2) is 60.0 Å². The normalized spacial score (nSPS) is 11.3. The van der Waals surface area contributed by atoms with Gasteiger partial charge < -0.3 is 10.5 Å². The van der Waals surface area contributed by atoms with Crippen LogP contribution in [0.2, 0.25) is 0 Å². The number of thiazole rings is 1. The SMILES string of the molecule is COCc1nn2c(N)c(-c3nc(-c4ccc(C)cc4)cs3)nnc2c1-c1ccccc1. The number of methoxy groups -OCH3 is 1. The Kier molecular flexibility index (Phi) is 4.93. The predicted octanol–water partition coefficient (Wildman–Crippen LogP) is 4.62. The quantitative estimate of drug-likeness (QED) is 0.439. The topological polar surface area (TPSA) is 91.2 Å². The van der Waals surface area contributed by atoms with Gasteiger partial charge in [-0.2, -0.15) is 9.61 Å². The van der Waals surface area contributed by atoms with Gasteiger partial charge in [0.15, 0.2) is 17.2 Å². The lowest BCUT2D eigenvalue weighted by atomic mass is 10.1. The third-order valence-electron chi connectivity index (χ3n) is 5.05. The fourth-order valence-corrected chi connectivity index (χ4v) is 4.31. The molecule has 31 heavy (non-hydrogen) atoms. The van der Waals surface area contributed by atoms with Crippen molar-refractivity contribution in [3.63, 3.8) is 0 Å². The predicted molar refractivity (Wildman–Crippen MR) is 123 cm³/mol. The molecule has 154 valence electrons. The van der Waals surface area contributed by atoms with Crippen molar-refractivity contribution in [3.05, 3.63) is 71.2 Å². The van der Waals surface area contributed by atoms with Crippen molar-refractivity contribution in [1.82, 2.24) is 24.8 Å². The van der Waals surface area contributed by atoms with Crippen LogP contribution in [0.5, 0.6) is 0 Å². The zero-order chi connectivity index (χ0) is 21.4. The summed E-state index contributed by atoms with van der Waals surface area (Å²) in [6, 6.07) is 18.2. The third kappa shape index (κ3) is 3.45. The number of benzene rings is 2. The maximum absolute atomic E-state index is 6.50. The first-order chi connectivity index (χ1) is 15.2. The van der Waals surface area contributed by atoms with Gasteiger partial charge in [-0.1, -0.05) is 60.2 Å². The molecule has 0 aliphatic carbocycles. The molecule has 3 aromatic heterocycles. The Morgan fingerprint density at radius 3 is 2.52 bits per heavy atom. The third-order valence-corrected chi connectivity index (χ3v) is 5.90. The van der Waals surface area contributed by atoms with E-state index >= 15 is 0 Å². The lowest BCUT2D eigenvalue weighted by Gasteiger charge is -2.04. The Hall–Kier alpha value is -3.62. The van der Waals surface area contributed by atoms with Gasteiger partial charge >= 0.3 is 0 Å². The Bertz CT molecular complexity index is 1360. The number of hydrogen-bond acceptors (Lipinski definition) is 7. The van der Waals surface area contributed by atoms with Crippen LogP contribution in [-0.2, 0) is 11.3 Å². The van der Waals surface area contributed by atoms with Gasteiger partial charge in [-0.25, -0.2) is 4.98 Å². The van der Waals surface area contributed by atoms with E-state index in [0.29, 0.717) is 28.8 Å². The summed E-state index contributed by atoms with van der Waals surface area (Å²) in [6.07, 6.45) is 0. The first kappa shape index (κ1) is 19.3. The van der Waals surface area contributed by atoms with Crippen LogP contribution in [0.1, 0.15) is 11.3 Å². The molecule has 0 saturated carbocycles. The molecule has 8 heteroatoms. The molecule has 0 aliphatic heterocycles. The van der Waals surface area contributed by atoms with E-state index < -0.39 is 0 Å². The maximum atomic E-state index is 6.50. The molecule has 0 radical (unpaired) electrons. The highest BCUT2D eigenvalue weighted by atomic mass is 32.1. The molecule has 0 saturated heterocycles. The van der Waals surface area contributed by atoms with Crippen molar-refractivity contribution in [2.75, 3.05) is 12.8 Å². The number of nitrogens with two attached hydrogens (primary N) is 1. The van der Waals surface area contributed by atoms with Gasteiger partial charge in [0.25, 0.3) is 0 Å². The smallest absolute Gasteiger partial charge is 0.187 e. The number of hydrogen-bond donors (Lipinski definition) is 1. The lowest BCUT2D eigenvalue weighted by molar-refractivity contribution is 0.181. The van der Waals surface area contributed by atoms with Gasteiger partial charge in [0, 0.05) is 18.1 Å². The number of aryl methyl sites for hydroxylation is 1. The zero-order valence-electron chi connectivity index (χ0n) is 17.1. The minimum atomic E-state index is 0.344. The molecule has 7 nitrogen and oxygen atoms in total. The van der Waals surface area contributed by atoms with Gasteiger partial charge in [-0.15, -0.1) is 21.5 Å². The van der Waals surface area contributed by atoms with Gasteiger partial charge in [0.1, 0.15) is 5.01 Å². The summed E-state index contributed by atoms with van der Waals surface area (Å²) >= 11 is 1.48. The second kappa shape index (κ2) is 7.90. The monoisotopic (exact) mass is 428 g/mol. The first-order valence-electron chi connectivity index (χ1n) is 9.76. The molecule has 0 aliphatic rings. The molecule has 5 aromatic rings. The van der Waals surface area contributed by atoms with Crippen molar-refractivity contribution in [2.45, 2.75) is 13.5 Å². The standard InChI is InChI=1S/C23H20N6OS/c1-14-8-10-15(11-9-14)18-13-31-23(25-18)20-21(24)29-22(27-26-20)19(17(28-29)12-30-2)16-6-4-3-5-7-16/h3-11,13H,12,24H2,1-2H3. The minimum Gasteiger partial charge on any atom is -0.382 e. The second-order valence-corrected chi connectivity index (χ2v) is 8.05. The van der Waals surface area contributed by atoms with E-state index in [1.807, 2.05) is 35.7 Å². The Morgan fingerprint density at radius 1 is 1.00 bits per heavy atom. The number of anilines is 1. The zero-order valence-corrected chi connectivity index (χ0v) is 17.9. The molecule has 0 amide bonds. The summed E-state index contributed by atoms with van der Waals surface area (Å²) < 4.78 is 6.99. The Balaban J connectivity index is 1.62. The Morgan fingerprint density at radius 2 is 1.77 bits per heavy atom. The van der Waals surface area contributed by atoms with E-state index in [2.05, 4.69) is 46.5 Å². The molecular weight excluding hydrogens is 408 g/mol. The van der Waals surface area contributed by atoms with Crippen molar-refractivity contribution in [3.8, 4) is 33.1 Å². The average molecular weight is 429 g/mol. The summed E-state index contributed by atoms with van der Waals surface area (Å²) in [6.45, 7) is 2.41. The number of rotatable bonds is 5. The number of ether oxygens (including phenoxy) is 1. The fraction of sp³-hybridized carbons (Fsp3) is 0.130. The molecule has 0 spiro atoms. The molecule has 0 unspecified atom stereocenters. The molecule has 3 heterocycles. The van der Waals surface area contributed by atoms with Crippen LogP contribution in [0.3, 0.4) is 0 Å². The largest absolute Gasteiger partial charge is 0.382 e. The lowest BCUT2D eigenvalue weighted by Crippen LogP contribution is -2.05. The van der Waals surface area contributed by atoms with E-state index in [1.54, 1.807) is 11.6 Å². The van der Waals surface area contributed by atoms with Crippen LogP contribution >= 0.6 is 11.3 Å². The summed E-state index contributed by atoms with van der Waals surface area (Å²) in [5.74, 6) is 0.398. The maximum Gasteiger partial charge on any atom is 0.187 e. The number of nitrogens with zero attached hydrogens (tertiary/aromatic N) is 5. The molecule has 2 aromatic carbocycles. The van der Waals surface area contributed by atoms with Crippen molar-refractivity contribution >= 4 is 22.8 Å². The Labute approximate surface area is 183 Å². The molecule has 0 bridgehead atoms. The highest BCUT2D eigenvalue weighted by Gasteiger charge is 2.21. The highest BCUT2D eigenvalue weighted by molar-refractivity contribution is 7.13. The van der Waals surface area contributed by atoms with Gasteiger partial charge in [0.2, 0.25) is 0 Å². The second-order valence-electron chi connectivity index (χ2n) is 7.19. The van der Waals surface area contributed by atoms with Crippen LogP contribution in [0.25, 0.3) is 38.7 Å². The van der Waals surface area contributed by atoms with Crippen LogP contribution in [0.4, 0.5) is 5.82 Å². The number of nitrogen functional groups attached to an aromatic ring is 1. The van der Waals surface area contributed by atoms with Crippen molar-refractivity contribution < 1.29 is 4.74 Å². The van der Waals surface area contributed by atoms with Gasteiger partial charge in [0.05, 0.1) is 23.6 Å². The van der Waals surface area contributed by atoms with Crippen LogP contribution in [0, 0.1) is 6.92 Å². The molecule has 5 rings (SSSR count). The molecular formula is C23H20N6OS. The van der Waals surface area contributed by atoms with Crippen molar-refractivity contribution in [2.24, 2.45) is 0 Å². The molecule has 2 N–H and O–H groups in total. The number of aromatic nitrogens is 5.